The molecule has 0 aliphatic carbocycles. The van der Waals surface area contributed by atoms with Gasteiger partial charge in [-0.05, 0) is 96.7 Å². The van der Waals surface area contributed by atoms with Gasteiger partial charge < -0.3 is 34.4 Å². The number of hydrogen-bond acceptors (Lipinski definition) is 11. The van der Waals surface area contributed by atoms with Crippen molar-refractivity contribution < 1.29 is 38.6 Å². The van der Waals surface area contributed by atoms with Gasteiger partial charge in [0.2, 0.25) is 23.6 Å². The number of aromatic nitrogens is 2. The molecule has 2 saturated heterocycles. The van der Waals surface area contributed by atoms with Gasteiger partial charge >= 0.3 is 5.97 Å². The molecular weight excluding hydrogens is 891 g/mol. The monoisotopic (exact) mass is 962 g/mol. The number of benzene rings is 2. The van der Waals surface area contributed by atoms with Crippen molar-refractivity contribution in [3.63, 3.8) is 0 Å². The number of esters is 1. The third-order valence-corrected chi connectivity index (χ3v) is 13.8. The number of phenolic OH excluding ortho intramolecular Hbond substituents is 1. The van der Waals surface area contributed by atoms with Gasteiger partial charge in [-0.15, -0.1) is 0 Å². The van der Waals surface area contributed by atoms with E-state index in [1.165, 1.54) is 33.8 Å². The molecule has 5 amide bonds. The molecule has 5 heterocycles. The summed E-state index contributed by atoms with van der Waals surface area (Å²) in [6, 6.07) is 11.9. The molecule has 376 valence electrons. The number of nitrogens with one attached hydrogen (secondary N) is 2. The lowest BCUT2D eigenvalue weighted by atomic mass is 9.83. The van der Waals surface area contributed by atoms with E-state index in [-0.39, 0.29) is 56.1 Å². The highest BCUT2D eigenvalue weighted by atomic mass is 16.5. The Morgan fingerprint density at radius 2 is 1.73 bits per heavy atom. The van der Waals surface area contributed by atoms with Crippen LogP contribution in [0.15, 0.2) is 54.7 Å². The molecule has 3 aliphatic heterocycles. The molecule has 6 bridgehead atoms. The van der Waals surface area contributed by atoms with E-state index in [4.69, 9.17) is 9.72 Å². The van der Waals surface area contributed by atoms with Crippen LogP contribution in [0.4, 0.5) is 0 Å². The molecule has 2 aromatic carbocycles. The summed E-state index contributed by atoms with van der Waals surface area (Å²) >= 11 is 0. The largest absolute Gasteiger partial charge is 0.508 e. The summed E-state index contributed by atoms with van der Waals surface area (Å²) < 4.78 is 8.43. The number of pyridine rings is 1. The van der Waals surface area contributed by atoms with Gasteiger partial charge in [0, 0.05) is 82.3 Å². The van der Waals surface area contributed by atoms with Crippen LogP contribution in [-0.2, 0) is 52.9 Å². The van der Waals surface area contributed by atoms with Crippen molar-refractivity contribution in [1.82, 2.24) is 44.9 Å². The first kappa shape index (κ1) is 51.5. The van der Waals surface area contributed by atoms with Crippen LogP contribution in [0.2, 0.25) is 0 Å². The zero-order valence-electron chi connectivity index (χ0n) is 42.7. The Bertz CT molecular complexity index is 2660. The maximum absolute atomic E-state index is 14.8. The predicted octanol–water partition coefficient (Wildman–Crippen LogP) is 4.58. The highest BCUT2D eigenvalue weighted by molar-refractivity contribution is 5.97. The number of cyclic esters (lactones) is 1. The summed E-state index contributed by atoms with van der Waals surface area (Å²) in [6.07, 6.45) is 3.28. The van der Waals surface area contributed by atoms with Crippen LogP contribution >= 0.6 is 0 Å². The lowest BCUT2D eigenvalue weighted by Crippen LogP contribution is -2.62. The molecule has 7 rings (SSSR count). The van der Waals surface area contributed by atoms with Gasteiger partial charge in [0.15, 0.2) is 0 Å². The highest BCUT2D eigenvalue weighted by Gasteiger charge is 2.44. The number of hydrazine groups is 1. The van der Waals surface area contributed by atoms with Crippen LogP contribution in [0.3, 0.4) is 0 Å². The fraction of sp³-hybridized carbons (Fsp3) is 0.528. The number of rotatable bonds is 12. The molecular formula is C53H71N9O8. The summed E-state index contributed by atoms with van der Waals surface area (Å²) in [5, 5.41) is 16.7. The molecule has 2 fully saturated rings. The lowest BCUT2D eigenvalue weighted by molar-refractivity contribution is -0.155. The maximum Gasteiger partial charge on any atom is 0.324 e. The third-order valence-electron chi connectivity index (χ3n) is 13.8. The van der Waals surface area contributed by atoms with E-state index >= 15 is 0 Å². The fourth-order valence-electron chi connectivity index (χ4n) is 9.97. The summed E-state index contributed by atoms with van der Waals surface area (Å²) in [7, 11) is 6.31. The second-order valence-electron chi connectivity index (χ2n) is 20.9. The van der Waals surface area contributed by atoms with Crippen LogP contribution < -0.4 is 10.7 Å². The number of fused-ring (bicyclic) bond motifs is 6. The zero-order valence-corrected chi connectivity index (χ0v) is 42.7. The maximum atomic E-state index is 14.8. The first-order valence-electron chi connectivity index (χ1n) is 24.5. The van der Waals surface area contributed by atoms with E-state index in [1.807, 2.05) is 24.4 Å². The van der Waals surface area contributed by atoms with Gasteiger partial charge in [0.05, 0.1) is 31.1 Å². The Kier molecular flexibility index (Phi) is 15.4. The number of aryl methyl sites for hydroxylation is 1. The molecule has 0 radical (unpaired) electrons. The van der Waals surface area contributed by atoms with Crippen LogP contribution in [0.25, 0.3) is 33.3 Å². The zero-order chi connectivity index (χ0) is 50.9. The molecule has 3 aliphatic rings. The number of carbonyl (C=O) groups excluding carboxylic acids is 6. The van der Waals surface area contributed by atoms with E-state index in [0.717, 1.165) is 39.0 Å². The third kappa shape index (κ3) is 11.2. The van der Waals surface area contributed by atoms with Crippen LogP contribution in [0.1, 0.15) is 84.0 Å². The molecule has 0 spiro atoms. The first-order chi connectivity index (χ1) is 33.1. The van der Waals surface area contributed by atoms with Crippen LogP contribution in [0, 0.1) is 11.3 Å². The normalized spacial score (nSPS) is 20.7. The molecule has 3 N–H and O–H groups in total. The number of nitrogens with zero attached hydrogens (tertiary/aromatic N) is 7. The Morgan fingerprint density at radius 1 is 0.986 bits per heavy atom. The Balaban J connectivity index is 1.23. The number of amides is 5. The van der Waals surface area contributed by atoms with Crippen molar-refractivity contribution in [1.29, 1.82) is 0 Å². The van der Waals surface area contributed by atoms with Crippen LogP contribution in [0.5, 0.6) is 5.75 Å². The van der Waals surface area contributed by atoms with Crippen molar-refractivity contribution in [2.24, 2.45) is 11.3 Å². The van der Waals surface area contributed by atoms with E-state index in [0.29, 0.717) is 43.5 Å². The predicted molar refractivity (Wildman–Crippen MR) is 267 cm³/mol. The average Bonchev–Trinajstić information content (AvgIpc) is 4.02. The highest BCUT2D eigenvalue weighted by Crippen LogP contribution is 2.42. The Hall–Kier alpha value is -6.33. The van der Waals surface area contributed by atoms with Gasteiger partial charge in [-0.25, -0.2) is 5.43 Å². The molecule has 70 heavy (non-hydrogen) atoms. The summed E-state index contributed by atoms with van der Waals surface area (Å²) in [4.78, 5) is 93.2. The fourth-order valence-corrected chi connectivity index (χ4v) is 9.97. The SMILES string of the molecule is CCn1c(-c2cccnc2C(C)C)c2c3cc(ccc31)-c1cc(O)cc(c1)C[C@H](NC(=O)[C@H](C(C)C)N(C)C(=O)CN(C)C(=O)[C@@H]1CN1CC(=O)N(C)C)C(=O)N1CCC[C@H](N1)C(=O)OCC(C)(C)C2. The lowest BCUT2D eigenvalue weighted by Gasteiger charge is -2.37. The number of aromatic hydroxyl groups is 1. The van der Waals surface area contributed by atoms with Crippen molar-refractivity contribution in [3.8, 4) is 28.1 Å². The topological polar surface area (TPSA) is 190 Å². The van der Waals surface area contributed by atoms with E-state index in [1.54, 1.807) is 45.0 Å². The molecule has 2 aromatic heterocycles. The van der Waals surface area contributed by atoms with E-state index < -0.39 is 59.2 Å². The number of carbonyl (C=O) groups is 6. The number of phenols is 1. The molecule has 17 heteroatoms. The first-order valence-corrected chi connectivity index (χ1v) is 24.5. The minimum Gasteiger partial charge on any atom is -0.508 e. The van der Waals surface area contributed by atoms with Crippen molar-refractivity contribution in [3.05, 3.63) is 71.5 Å². The quantitative estimate of drug-likeness (QED) is 0.133. The minimum atomic E-state index is -1.20. The van der Waals surface area contributed by atoms with Crippen molar-refractivity contribution >= 4 is 46.4 Å². The molecule has 1 unspecified atom stereocenters. The Morgan fingerprint density at radius 3 is 2.41 bits per heavy atom. The molecule has 17 nitrogen and oxygen atoms in total. The van der Waals surface area contributed by atoms with Crippen LogP contribution in [-0.4, -0.2) is 160 Å². The summed E-state index contributed by atoms with van der Waals surface area (Å²) in [5.74, 6) is -2.78. The summed E-state index contributed by atoms with van der Waals surface area (Å²) in [6.45, 7) is 15.4. The number of likely N-dealkylation sites (N-methyl/N-ethyl adjacent to an activating group) is 3. The standard InChI is InChI=1S/C53H71N9O8/c1-12-61-42-18-17-34-25-38(42)39(48(61)37-15-13-19-54-46(37)31(2)3)26-53(6,7)30-70-52(69)40-16-14-20-62(56-40)50(67)41(23-33-21-35(34)24-36(63)22-33)55-49(66)47(32(4)5)59(11)45(65)28-58(10)51(68)43-27-60(43)29-44(64)57(8)9/h13,15,17-19,21-22,24-25,31-32,40-41,43,47,56,63H,12,14,16,20,23,26-30H2,1-11H3,(H,55,66)/t40-,41-,43-,47-,60?/m0/s1. The van der Waals surface area contributed by atoms with Crippen molar-refractivity contribution in [2.45, 2.75) is 111 Å². The Labute approximate surface area is 411 Å². The number of ether oxygens (including phenoxy) is 1. The van der Waals surface area contributed by atoms with Crippen molar-refractivity contribution in [2.75, 3.05) is 61.0 Å². The van der Waals surface area contributed by atoms with Gasteiger partial charge in [-0.2, -0.15) is 0 Å². The van der Waals surface area contributed by atoms with Gasteiger partial charge in [-0.3, -0.25) is 43.7 Å². The van der Waals surface area contributed by atoms with E-state index in [2.05, 4.69) is 68.1 Å². The van der Waals surface area contributed by atoms with Gasteiger partial charge in [0.1, 0.15) is 29.9 Å². The molecule has 0 saturated carbocycles. The minimum absolute atomic E-state index is 0.0220. The molecule has 5 atom stereocenters. The average molecular weight is 962 g/mol. The van der Waals surface area contributed by atoms with E-state index in [9.17, 15) is 33.9 Å². The number of hydrogen-bond donors (Lipinski definition) is 3. The second kappa shape index (κ2) is 20.9. The van der Waals surface area contributed by atoms with Gasteiger partial charge in [0.25, 0.3) is 5.91 Å². The summed E-state index contributed by atoms with van der Waals surface area (Å²) in [5.41, 5.74) is 9.90. The smallest absolute Gasteiger partial charge is 0.324 e. The van der Waals surface area contributed by atoms with Gasteiger partial charge in [-0.1, -0.05) is 53.7 Å². The second-order valence-corrected chi connectivity index (χ2v) is 20.9. The molecule has 4 aromatic rings.